The van der Waals surface area contributed by atoms with Crippen LogP contribution in [0.25, 0.3) is 0 Å². The number of rotatable bonds is 9. The van der Waals surface area contributed by atoms with Crippen LogP contribution in [0.5, 0.6) is 0 Å². The molecular formula is C21H34IN5. The van der Waals surface area contributed by atoms with Gasteiger partial charge in [-0.05, 0) is 43.2 Å². The van der Waals surface area contributed by atoms with Crippen molar-refractivity contribution in [2.45, 2.75) is 46.6 Å². The second-order valence-corrected chi connectivity index (χ2v) is 7.50. The first-order valence-electron chi connectivity index (χ1n) is 9.53. The van der Waals surface area contributed by atoms with Crippen LogP contribution in [0.2, 0.25) is 0 Å². The number of halogens is 1. The monoisotopic (exact) mass is 483 g/mol. The topological polar surface area (TPSA) is 54.2 Å². The Morgan fingerprint density at radius 3 is 2.52 bits per heavy atom. The van der Waals surface area contributed by atoms with E-state index in [9.17, 15) is 0 Å². The second-order valence-electron chi connectivity index (χ2n) is 7.50. The predicted octanol–water partition coefficient (Wildman–Crippen LogP) is 4.14. The fourth-order valence-corrected chi connectivity index (χ4v) is 2.89. The van der Waals surface area contributed by atoms with Gasteiger partial charge in [-0.25, -0.2) is 4.99 Å². The van der Waals surface area contributed by atoms with E-state index in [0.717, 1.165) is 31.2 Å². The minimum atomic E-state index is 0. The molecule has 0 fully saturated rings. The average molecular weight is 483 g/mol. The molecule has 0 aliphatic rings. The van der Waals surface area contributed by atoms with Gasteiger partial charge in [0.15, 0.2) is 5.96 Å². The zero-order valence-electron chi connectivity index (χ0n) is 17.0. The molecule has 0 saturated carbocycles. The minimum Gasteiger partial charge on any atom is -0.357 e. The quantitative estimate of drug-likeness (QED) is 0.320. The van der Waals surface area contributed by atoms with Crippen LogP contribution < -0.4 is 10.6 Å². The number of aliphatic imine (C=N–C) groups is 1. The molecule has 2 rings (SSSR count). The van der Waals surface area contributed by atoms with Crippen molar-refractivity contribution in [1.82, 2.24) is 20.4 Å². The number of benzene rings is 1. The normalized spacial score (nSPS) is 11.8. The minimum absolute atomic E-state index is 0. The summed E-state index contributed by atoms with van der Waals surface area (Å²) in [5, 5.41) is 11.0. The number of aromatic nitrogens is 2. The zero-order chi connectivity index (χ0) is 18.8. The van der Waals surface area contributed by atoms with Crippen molar-refractivity contribution in [2.24, 2.45) is 17.5 Å². The van der Waals surface area contributed by atoms with Crippen LogP contribution in [-0.4, -0.2) is 28.8 Å². The van der Waals surface area contributed by atoms with Gasteiger partial charge in [-0.3, -0.25) is 4.68 Å². The lowest BCUT2D eigenvalue weighted by Crippen LogP contribution is -2.42. The molecule has 1 aromatic carbocycles. The molecule has 2 N–H and O–H groups in total. The van der Waals surface area contributed by atoms with Crippen molar-refractivity contribution < 1.29 is 0 Å². The first-order chi connectivity index (χ1) is 12.5. The largest absolute Gasteiger partial charge is 0.357 e. The Labute approximate surface area is 181 Å². The van der Waals surface area contributed by atoms with E-state index >= 15 is 0 Å². The second kappa shape index (κ2) is 12.0. The summed E-state index contributed by atoms with van der Waals surface area (Å²) in [4.78, 5) is 4.68. The summed E-state index contributed by atoms with van der Waals surface area (Å²) in [5.41, 5.74) is 2.74. The lowest BCUT2D eigenvalue weighted by atomic mass is 9.86. The highest BCUT2D eigenvalue weighted by molar-refractivity contribution is 14.0. The van der Waals surface area contributed by atoms with Crippen molar-refractivity contribution >= 4 is 29.9 Å². The van der Waals surface area contributed by atoms with Crippen molar-refractivity contribution in [1.29, 1.82) is 0 Å². The first kappa shape index (κ1) is 23.5. The van der Waals surface area contributed by atoms with Crippen LogP contribution in [0.4, 0.5) is 0 Å². The van der Waals surface area contributed by atoms with Crippen LogP contribution in [0.15, 0.2) is 47.6 Å². The van der Waals surface area contributed by atoms with Gasteiger partial charge in [-0.1, -0.05) is 44.2 Å². The number of nitrogens with one attached hydrogen (secondary N) is 2. The predicted molar refractivity (Wildman–Crippen MR) is 125 cm³/mol. The highest BCUT2D eigenvalue weighted by Crippen LogP contribution is 2.22. The summed E-state index contributed by atoms with van der Waals surface area (Å²) in [6.45, 7) is 9.10. The molecule has 0 bridgehead atoms. The Morgan fingerprint density at radius 1 is 1.15 bits per heavy atom. The molecular weight excluding hydrogens is 449 g/mol. The van der Waals surface area contributed by atoms with Gasteiger partial charge in [0.2, 0.25) is 0 Å². The van der Waals surface area contributed by atoms with Gasteiger partial charge in [-0.2, -0.15) is 5.10 Å². The molecule has 1 aromatic heterocycles. The van der Waals surface area contributed by atoms with Gasteiger partial charge in [0.25, 0.3) is 0 Å². The maximum Gasteiger partial charge on any atom is 0.191 e. The number of nitrogens with zero attached hydrogens (tertiary/aromatic N) is 3. The lowest BCUT2D eigenvalue weighted by molar-refractivity contribution is 0.323. The molecule has 0 aliphatic heterocycles. The zero-order valence-corrected chi connectivity index (χ0v) is 19.4. The SMILES string of the molecule is CCNC(=NCc1ccnn1C)NCC(C)(C)CCCc1ccccc1.I. The third-order valence-electron chi connectivity index (χ3n) is 4.56. The number of hydrogen-bond acceptors (Lipinski definition) is 2. The Bertz CT molecular complexity index is 679. The Balaban J connectivity index is 0.00000364. The summed E-state index contributed by atoms with van der Waals surface area (Å²) in [6, 6.07) is 12.7. The lowest BCUT2D eigenvalue weighted by Gasteiger charge is -2.26. The van der Waals surface area contributed by atoms with Crippen LogP contribution in [0.3, 0.4) is 0 Å². The Hall–Kier alpha value is -1.57. The van der Waals surface area contributed by atoms with E-state index in [1.54, 1.807) is 6.20 Å². The van der Waals surface area contributed by atoms with Gasteiger partial charge in [0.05, 0.1) is 12.2 Å². The van der Waals surface area contributed by atoms with Crippen LogP contribution in [-0.2, 0) is 20.0 Å². The fraction of sp³-hybridized carbons (Fsp3) is 0.524. The molecule has 0 radical (unpaired) electrons. The average Bonchev–Trinajstić information content (AvgIpc) is 3.03. The number of guanidine groups is 1. The number of hydrogen-bond donors (Lipinski definition) is 2. The van der Waals surface area contributed by atoms with Gasteiger partial charge in [-0.15, -0.1) is 24.0 Å². The van der Waals surface area contributed by atoms with Crippen molar-refractivity contribution in [3.8, 4) is 0 Å². The molecule has 0 atom stereocenters. The van der Waals surface area contributed by atoms with E-state index in [1.165, 1.54) is 18.4 Å². The van der Waals surface area contributed by atoms with Gasteiger partial charge < -0.3 is 10.6 Å². The maximum atomic E-state index is 4.68. The molecule has 27 heavy (non-hydrogen) atoms. The van der Waals surface area contributed by atoms with E-state index in [1.807, 2.05) is 17.8 Å². The van der Waals surface area contributed by atoms with Crippen molar-refractivity contribution in [3.63, 3.8) is 0 Å². The van der Waals surface area contributed by atoms with Gasteiger partial charge >= 0.3 is 0 Å². The molecule has 0 unspecified atom stereocenters. The first-order valence-corrected chi connectivity index (χ1v) is 9.53. The summed E-state index contributed by atoms with van der Waals surface area (Å²) >= 11 is 0. The molecule has 6 heteroatoms. The van der Waals surface area contributed by atoms with Gasteiger partial charge in [0.1, 0.15) is 0 Å². The highest BCUT2D eigenvalue weighted by Gasteiger charge is 2.18. The summed E-state index contributed by atoms with van der Waals surface area (Å²) < 4.78 is 1.86. The van der Waals surface area contributed by atoms with E-state index in [0.29, 0.717) is 6.54 Å². The van der Waals surface area contributed by atoms with Crippen molar-refractivity contribution in [2.75, 3.05) is 13.1 Å². The molecule has 0 saturated heterocycles. The highest BCUT2D eigenvalue weighted by atomic mass is 127. The van der Waals surface area contributed by atoms with Crippen LogP contribution in [0.1, 0.15) is 44.9 Å². The molecule has 0 aliphatic carbocycles. The Morgan fingerprint density at radius 2 is 1.89 bits per heavy atom. The van der Waals surface area contributed by atoms with Crippen LogP contribution >= 0.6 is 24.0 Å². The Kier molecular flexibility index (Phi) is 10.4. The molecule has 150 valence electrons. The summed E-state index contributed by atoms with van der Waals surface area (Å²) in [7, 11) is 1.95. The van der Waals surface area contributed by atoms with Crippen LogP contribution in [0, 0.1) is 5.41 Å². The summed E-state index contributed by atoms with van der Waals surface area (Å²) in [5.74, 6) is 0.866. The molecule has 0 amide bonds. The third kappa shape index (κ3) is 8.77. The fourth-order valence-electron chi connectivity index (χ4n) is 2.89. The molecule has 5 nitrogen and oxygen atoms in total. The summed E-state index contributed by atoms with van der Waals surface area (Å²) in [6.07, 6.45) is 5.32. The molecule has 1 heterocycles. The van der Waals surface area contributed by atoms with Gasteiger partial charge in [0, 0.05) is 26.3 Å². The van der Waals surface area contributed by atoms with E-state index in [-0.39, 0.29) is 29.4 Å². The maximum absolute atomic E-state index is 4.68. The van der Waals surface area contributed by atoms with E-state index in [4.69, 9.17) is 0 Å². The van der Waals surface area contributed by atoms with Crippen molar-refractivity contribution in [3.05, 3.63) is 53.9 Å². The van der Waals surface area contributed by atoms with E-state index in [2.05, 4.69) is 71.8 Å². The van der Waals surface area contributed by atoms with E-state index < -0.39 is 0 Å². The standard InChI is InChI=1S/C21H33N5.HI/c1-5-22-20(23-16-19-13-15-25-26(19)4)24-17-21(2,3)14-9-12-18-10-7-6-8-11-18;/h6-8,10-11,13,15H,5,9,12,14,16-17H2,1-4H3,(H2,22,23,24);1H. The molecule has 0 spiro atoms. The number of aryl methyl sites for hydroxylation is 2. The molecule has 2 aromatic rings. The third-order valence-corrected chi connectivity index (χ3v) is 4.56. The smallest absolute Gasteiger partial charge is 0.191 e.